The van der Waals surface area contributed by atoms with Crippen molar-refractivity contribution in [2.24, 2.45) is 10.2 Å². The number of nitrogens with zero attached hydrogens (tertiary/aromatic N) is 2. The first kappa shape index (κ1) is 37.6. The van der Waals surface area contributed by atoms with Crippen molar-refractivity contribution in [3.63, 3.8) is 0 Å². The van der Waals surface area contributed by atoms with E-state index in [-0.39, 0.29) is 11.6 Å². The summed E-state index contributed by atoms with van der Waals surface area (Å²) in [4.78, 5) is 11.8. The van der Waals surface area contributed by atoms with E-state index in [2.05, 4.69) is 22.5 Å². The summed E-state index contributed by atoms with van der Waals surface area (Å²) in [5.74, 6) is 0.940. The van der Waals surface area contributed by atoms with Crippen molar-refractivity contribution in [2.75, 3.05) is 26.4 Å². The average molecular weight is 628 g/mol. The summed E-state index contributed by atoms with van der Waals surface area (Å²) in [5.41, 5.74) is 1.27. The molecular weight excluding hydrogens is 570 g/mol. The lowest BCUT2D eigenvalue weighted by molar-refractivity contribution is -0.121. The van der Waals surface area contributed by atoms with E-state index in [1.54, 1.807) is 0 Å². The molecule has 0 aromatic heterocycles. The number of nitrogens with one attached hydrogen (secondary N) is 1. The van der Waals surface area contributed by atoms with Gasteiger partial charge in [0, 0.05) is 32.8 Å². The van der Waals surface area contributed by atoms with Crippen LogP contribution in [0.4, 0.5) is 11.4 Å². The molecule has 9 heteroatoms. The Morgan fingerprint density at radius 1 is 0.682 bits per heavy atom. The number of ether oxygens (including phenoxy) is 1. The van der Waals surface area contributed by atoms with E-state index in [0.717, 1.165) is 68.6 Å². The van der Waals surface area contributed by atoms with Crippen molar-refractivity contribution >= 4 is 26.1 Å². The predicted octanol–water partition coefficient (Wildman–Crippen LogP) is 9.64. The first-order valence-electron chi connectivity index (χ1n) is 17.0. The quantitative estimate of drug-likeness (QED) is 0.0637. The molecule has 246 valence electrons. The minimum Gasteiger partial charge on any atom is -0.486 e. The van der Waals surface area contributed by atoms with E-state index >= 15 is 0 Å². The lowest BCUT2D eigenvalue weighted by atomic mass is 10.1. The summed E-state index contributed by atoms with van der Waals surface area (Å²) in [6.45, 7) is 10.4. The minimum atomic E-state index is -3.09. The molecule has 0 spiro atoms. The molecule has 0 aliphatic rings. The predicted molar refractivity (Wildman–Crippen MR) is 181 cm³/mol. The van der Waals surface area contributed by atoms with Crippen molar-refractivity contribution in [3.05, 3.63) is 54.6 Å². The topological polar surface area (TPSA) is 90.7 Å². The van der Waals surface area contributed by atoms with Gasteiger partial charge in [-0.1, -0.05) is 76.5 Å². The molecule has 0 fully saturated rings. The van der Waals surface area contributed by atoms with Gasteiger partial charge >= 0.3 is 8.80 Å². The van der Waals surface area contributed by atoms with E-state index in [1.165, 1.54) is 32.1 Å². The number of benzene rings is 2. The van der Waals surface area contributed by atoms with Gasteiger partial charge in [-0.25, -0.2) is 0 Å². The zero-order chi connectivity index (χ0) is 31.7. The lowest BCUT2D eigenvalue weighted by Gasteiger charge is -2.35. The van der Waals surface area contributed by atoms with Crippen LogP contribution in [0, 0.1) is 0 Å². The normalized spacial score (nSPS) is 12.5. The van der Waals surface area contributed by atoms with E-state index in [9.17, 15) is 4.79 Å². The SMILES string of the molecule is CCCCCC(=O)NCCCCCCCCCCC(Oc1ccc(N=Nc2ccccc2)cc1)[Si](OCC)(OCC)OCC. The maximum atomic E-state index is 11.8. The van der Waals surface area contributed by atoms with Crippen molar-refractivity contribution in [3.8, 4) is 5.75 Å². The van der Waals surface area contributed by atoms with Crippen molar-refractivity contribution in [2.45, 2.75) is 117 Å². The van der Waals surface area contributed by atoms with Gasteiger partial charge in [0.05, 0.1) is 11.4 Å². The molecule has 2 aromatic rings. The zero-order valence-corrected chi connectivity index (χ0v) is 28.7. The van der Waals surface area contributed by atoms with Crippen LogP contribution in [0.5, 0.6) is 5.75 Å². The molecule has 1 unspecified atom stereocenters. The second-order valence-corrected chi connectivity index (χ2v) is 13.7. The second-order valence-electron chi connectivity index (χ2n) is 11.0. The van der Waals surface area contributed by atoms with Gasteiger partial charge in [0.2, 0.25) is 5.91 Å². The van der Waals surface area contributed by atoms with Gasteiger partial charge < -0.3 is 23.3 Å². The highest BCUT2D eigenvalue weighted by atomic mass is 28.4. The second kappa shape index (κ2) is 23.7. The highest BCUT2D eigenvalue weighted by molar-refractivity contribution is 6.62. The van der Waals surface area contributed by atoms with E-state index in [1.807, 2.05) is 75.4 Å². The number of azo groups is 1. The molecule has 1 N–H and O–H groups in total. The Kier molecular flexibility index (Phi) is 20.3. The Bertz CT molecular complexity index is 1010. The number of amides is 1. The Morgan fingerprint density at radius 2 is 1.23 bits per heavy atom. The van der Waals surface area contributed by atoms with Gasteiger partial charge in [0.15, 0.2) is 5.73 Å². The molecule has 2 rings (SSSR count). The van der Waals surface area contributed by atoms with Crippen LogP contribution in [0.1, 0.15) is 111 Å². The number of rotatable bonds is 26. The number of hydrogen-bond acceptors (Lipinski definition) is 7. The first-order valence-corrected chi connectivity index (χ1v) is 18.8. The maximum Gasteiger partial charge on any atom is 0.543 e. The Morgan fingerprint density at radius 3 is 1.80 bits per heavy atom. The van der Waals surface area contributed by atoms with Gasteiger partial charge in [-0.05, 0) is 82.9 Å². The van der Waals surface area contributed by atoms with Crippen LogP contribution in [0.25, 0.3) is 0 Å². The standard InChI is InChI=1S/C35H57N3O5Si/c1-5-9-17-24-34(39)36-30-21-15-13-11-10-12-14-20-25-35(44(40-6-2,41-7-3)42-8-4)43-33-28-26-32(27-29-33)38-37-31-22-18-16-19-23-31/h16,18-19,22-23,26-29,35H,5-15,17,20-21,24-25,30H2,1-4H3,(H,36,39). The van der Waals surface area contributed by atoms with E-state index in [4.69, 9.17) is 18.0 Å². The van der Waals surface area contributed by atoms with Crippen LogP contribution in [0.3, 0.4) is 0 Å². The van der Waals surface area contributed by atoms with Crippen LogP contribution in [0.2, 0.25) is 0 Å². The summed E-state index contributed by atoms with van der Waals surface area (Å²) in [7, 11) is -3.09. The third-order valence-corrected chi connectivity index (χ3v) is 10.6. The maximum absolute atomic E-state index is 11.8. The molecule has 0 aliphatic carbocycles. The van der Waals surface area contributed by atoms with Crippen molar-refractivity contribution in [1.29, 1.82) is 0 Å². The molecule has 0 saturated carbocycles. The molecule has 0 aliphatic heterocycles. The largest absolute Gasteiger partial charge is 0.543 e. The van der Waals surface area contributed by atoms with Crippen LogP contribution >= 0.6 is 0 Å². The molecule has 2 aromatic carbocycles. The summed E-state index contributed by atoms with van der Waals surface area (Å²) in [6, 6.07) is 17.4. The summed E-state index contributed by atoms with van der Waals surface area (Å²) in [5, 5.41) is 11.7. The Hall–Kier alpha value is -2.59. The molecule has 1 atom stereocenters. The van der Waals surface area contributed by atoms with Gasteiger partial charge in [0.25, 0.3) is 0 Å². The Labute approximate surface area is 267 Å². The van der Waals surface area contributed by atoms with Crippen molar-refractivity contribution < 1.29 is 22.8 Å². The summed E-state index contributed by atoms with van der Waals surface area (Å²) in [6.07, 6.45) is 14.0. The first-order chi connectivity index (χ1) is 21.6. The summed E-state index contributed by atoms with van der Waals surface area (Å²) < 4.78 is 25.3. The summed E-state index contributed by atoms with van der Waals surface area (Å²) >= 11 is 0. The molecule has 0 saturated heterocycles. The number of carbonyl (C=O) groups excluding carboxylic acids is 1. The molecule has 0 radical (unpaired) electrons. The fraction of sp³-hybridized carbons (Fsp3) is 0.629. The number of unbranched alkanes of at least 4 members (excludes halogenated alkanes) is 9. The van der Waals surface area contributed by atoms with E-state index in [0.29, 0.717) is 26.2 Å². The molecule has 0 heterocycles. The van der Waals surface area contributed by atoms with Gasteiger partial charge in [0.1, 0.15) is 5.75 Å². The monoisotopic (exact) mass is 627 g/mol. The number of hydrogen-bond donors (Lipinski definition) is 1. The molecule has 44 heavy (non-hydrogen) atoms. The molecule has 0 bridgehead atoms. The fourth-order valence-electron chi connectivity index (χ4n) is 5.05. The van der Waals surface area contributed by atoms with E-state index < -0.39 is 8.80 Å². The Balaban J connectivity index is 1.83. The van der Waals surface area contributed by atoms with Crippen LogP contribution in [-0.2, 0) is 18.1 Å². The third kappa shape index (κ3) is 15.4. The van der Waals surface area contributed by atoms with Gasteiger partial charge in [-0.3, -0.25) is 4.79 Å². The van der Waals surface area contributed by atoms with Gasteiger partial charge in [-0.15, -0.1) is 0 Å². The highest BCUT2D eigenvalue weighted by Gasteiger charge is 2.51. The highest BCUT2D eigenvalue weighted by Crippen LogP contribution is 2.28. The fourth-order valence-corrected chi connectivity index (χ4v) is 7.90. The van der Waals surface area contributed by atoms with Crippen molar-refractivity contribution in [1.82, 2.24) is 5.32 Å². The third-order valence-electron chi connectivity index (χ3n) is 7.31. The molecule has 1 amide bonds. The number of carbonyl (C=O) groups is 1. The molecule has 8 nitrogen and oxygen atoms in total. The van der Waals surface area contributed by atoms with Crippen LogP contribution in [0.15, 0.2) is 64.8 Å². The smallest absolute Gasteiger partial charge is 0.486 e. The zero-order valence-electron chi connectivity index (χ0n) is 27.7. The molecular formula is C35H57N3O5Si. The van der Waals surface area contributed by atoms with Crippen LogP contribution in [-0.4, -0.2) is 46.8 Å². The lowest BCUT2D eigenvalue weighted by Crippen LogP contribution is -2.59. The van der Waals surface area contributed by atoms with Crippen LogP contribution < -0.4 is 10.1 Å². The minimum absolute atomic E-state index is 0.202. The average Bonchev–Trinajstić information content (AvgIpc) is 3.03. The van der Waals surface area contributed by atoms with Gasteiger partial charge in [-0.2, -0.15) is 10.2 Å².